The van der Waals surface area contributed by atoms with Crippen LogP contribution in [0.4, 0.5) is 0 Å². The summed E-state index contributed by atoms with van der Waals surface area (Å²) in [6.07, 6.45) is 4.91. The van der Waals surface area contributed by atoms with Crippen molar-refractivity contribution in [2.45, 2.75) is 58.5 Å². The summed E-state index contributed by atoms with van der Waals surface area (Å²) in [4.78, 5) is 14.4. The van der Waals surface area contributed by atoms with E-state index >= 15 is 0 Å². The lowest BCUT2D eigenvalue weighted by molar-refractivity contribution is -0.143. The molecule has 0 spiro atoms. The van der Waals surface area contributed by atoms with Crippen molar-refractivity contribution >= 4 is 5.97 Å². The van der Waals surface area contributed by atoms with Gasteiger partial charge in [-0.15, -0.1) is 0 Å². The van der Waals surface area contributed by atoms with Gasteiger partial charge in [-0.2, -0.15) is 0 Å². The molecular formula is C18H27NO2. The highest BCUT2D eigenvalue weighted by Crippen LogP contribution is 2.44. The van der Waals surface area contributed by atoms with Crippen molar-refractivity contribution in [2.24, 2.45) is 0 Å². The minimum absolute atomic E-state index is 0.0708. The summed E-state index contributed by atoms with van der Waals surface area (Å²) in [5.41, 5.74) is 2.48. The molecule has 2 rings (SSSR count). The molecular weight excluding hydrogens is 262 g/mol. The second kappa shape index (κ2) is 7.60. The maximum Gasteiger partial charge on any atom is 0.325 e. The van der Waals surface area contributed by atoms with Gasteiger partial charge in [-0.05, 0) is 32.4 Å². The van der Waals surface area contributed by atoms with E-state index < -0.39 is 0 Å². The van der Waals surface area contributed by atoms with E-state index in [1.807, 2.05) is 6.92 Å². The van der Waals surface area contributed by atoms with Gasteiger partial charge < -0.3 is 4.74 Å². The van der Waals surface area contributed by atoms with Gasteiger partial charge in [0.25, 0.3) is 0 Å². The molecule has 1 aromatic carbocycles. The van der Waals surface area contributed by atoms with Crippen molar-refractivity contribution in [1.29, 1.82) is 0 Å². The lowest BCUT2D eigenvalue weighted by Gasteiger charge is -2.04. The molecule has 0 amide bonds. The molecule has 1 aromatic rings. The zero-order chi connectivity index (χ0) is 15.2. The fourth-order valence-electron chi connectivity index (χ4n) is 2.90. The Labute approximate surface area is 128 Å². The van der Waals surface area contributed by atoms with Gasteiger partial charge in [0.15, 0.2) is 0 Å². The fourth-order valence-corrected chi connectivity index (χ4v) is 2.90. The smallest absolute Gasteiger partial charge is 0.325 e. The van der Waals surface area contributed by atoms with Gasteiger partial charge in [-0.25, -0.2) is 0 Å². The van der Waals surface area contributed by atoms with Crippen molar-refractivity contribution in [3.05, 3.63) is 35.4 Å². The third kappa shape index (κ3) is 4.07. The highest BCUT2D eigenvalue weighted by molar-refractivity contribution is 5.80. The summed E-state index contributed by atoms with van der Waals surface area (Å²) in [5.74, 6) is -0.0708. The van der Waals surface area contributed by atoms with Gasteiger partial charge in [0, 0.05) is 0 Å². The van der Waals surface area contributed by atoms with E-state index in [0.29, 0.717) is 6.61 Å². The van der Waals surface area contributed by atoms with Crippen LogP contribution in [-0.4, -0.2) is 30.1 Å². The van der Waals surface area contributed by atoms with E-state index in [2.05, 4.69) is 43.0 Å². The summed E-state index contributed by atoms with van der Waals surface area (Å²) < 4.78 is 5.22. The van der Waals surface area contributed by atoms with Crippen LogP contribution in [0.15, 0.2) is 24.3 Å². The molecule has 1 saturated heterocycles. The second-order valence-electron chi connectivity index (χ2n) is 5.85. The van der Waals surface area contributed by atoms with Crippen LogP contribution in [0.3, 0.4) is 0 Å². The van der Waals surface area contributed by atoms with Crippen LogP contribution in [0.2, 0.25) is 0 Å². The summed E-state index contributed by atoms with van der Waals surface area (Å²) in [5, 5.41) is 0. The van der Waals surface area contributed by atoms with Gasteiger partial charge in [0.2, 0.25) is 0 Å². The van der Waals surface area contributed by atoms with Crippen molar-refractivity contribution in [3.63, 3.8) is 0 Å². The van der Waals surface area contributed by atoms with Crippen molar-refractivity contribution in [1.82, 2.24) is 4.90 Å². The Morgan fingerprint density at radius 3 is 2.48 bits per heavy atom. The number of hydrogen-bond donors (Lipinski definition) is 0. The third-order valence-electron chi connectivity index (χ3n) is 4.14. The first-order valence-corrected chi connectivity index (χ1v) is 8.18. The number of carbonyl (C=O) groups excluding carboxylic acids is 1. The maximum atomic E-state index is 12.1. The van der Waals surface area contributed by atoms with Gasteiger partial charge in [0.1, 0.15) is 6.04 Å². The number of aryl methyl sites for hydroxylation is 1. The summed E-state index contributed by atoms with van der Waals surface area (Å²) in [6.45, 7) is 7.62. The average molecular weight is 289 g/mol. The Bertz CT molecular complexity index is 455. The van der Waals surface area contributed by atoms with Crippen LogP contribution in [0.1, 0.15) is 56.7 Å². The quantitative estimate of drug-likeness (QED) is 0.413. The van der Waals surface area contributed by atoms with Crippen LogP contribution in [0.25, 0.3) is 0 Å². The summed E-state index contributed by atoms with van der Waals surface area (Å²) >= 11 is 0. The standard InChI is InChI=1S/C18H27NO2/c1-4-6-7-8-13-19-16(17(19)18(20)21-5-2)15-11-9-14(3)10-12-15/h9-12,16-17H,4-8,13H2,1-3H3. The Balaban J connectivity index is 1.98. The van der Waals surface area contributed by atoms with Gasteiger partial charge in [-0.1, -0.05) is 56.0 Å². The fraction of sp³-hybridized carbons (Fsp3) is 0.611. The number of hydrogen-bond acceptors (Lipinski definition) is 3. The Morgan fingerprint density at radius 2 is 1.86 bits per heavy atom. The summed E-state index contributed by atoms with van der Waals surface area (Å²) in [6, 6.07) is 8.65. The number of rotatable bonds is 8. The zero-order valence-corrected chi connectivity index (χ0v) is 13.5. The number of nitrogens with zero attached hydrogens (tertiary/aromatic N) is 1. The van der Waals surface area contributed by atoms with E-state index in [4.69, 9.17) is 4.74 Å². The highest BCUT2D eigenvalue weighted by atomic mass is 16.5. The zero-order valence-electron chi connectivity index (χ0n) is 13.5. The van der Waals surface area contributed by atoms with Crippen molar-refractivity contribution in [3.8, 4) is 0 Å². The first-order chi connectivity index (χ1) is 10.2. The Kier molecular flexibility index (Phi) is 5.80. The molecule has 1 aliphatic rings. The van der Waals surface area contributed by atoms with E-state index in [9.17, 15) is 4.79 Å². The Morgan fingerprint density at radius 1 is 1.14 bits per heavy atom. The predicted molar refractivity (Wildman–Crippen MR) is 85.2 cm³/mol. The number of unbranched alkanes of at least 4 members (excludes halogenated alkanes) is 3. The molecule has 21 heavy (non-hydrogen) atoms. The van der Waals surface area contributed by atoms with Crippen LogP contribution < -0.4 is 0 Å². The van der Waals surface area contributed by atoms with Crippen LogP contribution >= 0.6 is 0 Å². The number of esters is 1. The minimum atomic E-state index is -0.0747. The molecule has 0 aromatic heterocycles. The lowest BCUT2D eigenvalue weighted by atomic mass is 10.1. The largest absolute Gasteiger partial charge is 0.465 e. The molecule has 1 fully saturated rings. The first-order valence-electron chi connectivity index (χ1n) is 8.18. The molecule has 1 aliphatic heterocycles. The number of ether oxygens (including phenoxy) is 1. The van der Waals surface area contributed by atoms with E-state index in [1.165, 1.54) is 30.4 Å². The molecule has 116 valence electrons. The summed E-state index contributed by atoms with van der Waals surface area (Å²) in [7, 11) is 0. The average Bonchev–Trinajstić information content (AvgIpc) is 3.19. The molecule has 0 saturated carbocycles. The van der Waals surface area contributed by atoms with Crippen LogP contribution in [0, 0.1) is 6.92 Å². The normalized spacial score (nSPS) is 23.9. The van der Waals surface area contributed by atoms with Crippen molar-refractivity contribution in [2.75, 3.05) is 13.2 Å². The van der Waals surface area contributed by atoms with Gasteiger partial charge in [0.05, 0.1) is 12.6 Å². The molecule has 0 aliphatic carbocycles. The first kappa shape index (κ1) is 16.0. The second-order valence-corrected chi connectivity index (χ2v) is 5.85. The van der Waals surface area contributed by atoms with E-state index in [-0.39, 0.29) is 18.1 Å². The van der Waals surface area contributed by atoms with E-state index in [0.717, 1.165) is 13.0 Å². The number of benzene rings is 1. The van der Waals surface area contributed by atoms with Crippen LogP contribution in [0.5, 0.6) is 0 Å². The monoisotopic (exact) mass is 289 g/mol. The highest BCUT2D eigenvalue weighted by Gasteiger charge is 2.53. The predicted octanol–water partition coefficient (Wildman–Crippen LogP) is 3.86. The van der Waals surface area contributed by atoms with E-state index in [1.54, 1.807) is 0 Å². The third-order valence-corrected chi connectivity index (χ3v) is 4.14. The molecule has 3 unspecified atom stereocenters. The maximum absolute atomic E-state index is 12.1. The molecule has 1 heterocycles. The molecule has 3 atom stereocenters. The van der Waals surface area contributed by atoms with Gasteiger partial charge in [-0.3, -0.25) is 9.69 Å². The Hall–Kier alpha value is -1.35. The number of carbonyl (C=O) groups is 1. The topological polar surface area (TPSA) is 29.3 Å². The lowest BCUT2D eigenvalue weighted by Crippen LogP contribution is -2.16. The molecule has 0 radical (unpaired) electrons. The molecule has 0 N–H and O–H groups in total. The minimum Gasteiger partial charge on any atom is -0.465 e. The van der Waals surface area contributed by atoms with Crippen molar-refractivity contribution < 1.29 is 9.53 Å². The molecule has 0 bridgehead atoms. The molecule has 3 heteroatoms. The molecule has 3 nitrogen and oxygen atoms in total. The van der Waals surface area contributed by atoms with Gasteiger partial charge >= 0.3 is 5.97 Å². The SMILES string of the molecule is CCCCCCN1C(C(=O)OCC)C1c1ccc(C)cc1. The van der Waals surface area contributed by atoms with Crippen LogP contribution in [-0.2, 0) is 9.53 Å².